The normalized spacial score (nSPS) is 11.7. The molecule has 0 aromatic rings. The van der Waals surface area contributed by atoms with Crippen LogP contribution in [0.25, 0.3) is 0 Å². The SMILES string of the molecule is CCCCCCCCCCCCCCCCCCCCCC(=O)OCC(COCC(COC(C)=O)(COC(=O)CCCCCCCCCCCCCCCCCCCCC)COC(=O)CCCCCCCCCCCCCCCCCCCCC)(COC(C)=O)COC(=O)CCCCCCCCCCCCCCCCCCCCC. The van der Waals surface area contributed by atoms with Gasteiger partial charge in [-0.15, -0.1) is 0 Å². The fraction of sp³-hybridized carbons (Fsp3) is 0.941. The molecule has 680 valence electrons. The van der Waals surface area contributed by atoms with Gasteiger partial charge in [0.1, 0.15) is 39.6 Å². The summed E-state index contributed by atoms with van der Waals surface area (Å²) in [6.07, 6.45) is 96.4. The van der Waals surface area contributed by atoms with E-state index < -0.39 is 46.6 Å². The molecule has 0 amide bonds. The van der Waals surface area contributed by atoms with E-state index in [2.05, 4.69) is 27.7 Å². The molecule has 0 atom stereocenters. The minimum atomic E-state index is -1.35. The monoisotopic (exact) mass is 1630 g/mol. The number of carbonyl (C=O) groups is 6. The number of ether oxygens (including phenoxy) is 7. The summed E-state index contributed by atoms with van der Waals surface area (Å²) < 4.78 is 42.3. The maximum absolute atomic E-state index is 13.7. The van der Waals surface area contributed by atoms with Gasteiger partial charge < -0.3 is 33.2 Å². The molecule has 0 unspecified atom stereocenters. The van der Waals surface area contributed by atoms with Gasteiger partial charge in [-0.1, -0.05) is 490 Å². The van der Waals surface area contributed by atoms with E-state index in [0.717, 1.165) is 77.0 Å². The summed E-state index contributed by atoms with van der Waals surface area (Å²) in [4.78, 5) is 80.2. The summed E-state index contributed by atoms with van der Waals surface area (Å²) in [5, 5.41) is 0. The third-order valence-corrected chi connectivity index (χ3v) is 24.1. The smallest absolute Gasteiger partial charge is 0.305 e. The van der Waals surface area contributed by atoms with E-state index in [9.17, 15) is 28.8 Å². The fourth-order valence-corrected chi connectivity index (χ4v) is 16.1. The van der Waals surface area contributed by atoms with Gasteiger partial charge in [-0.05, 0) is 25.7 Å². The van der Waals surface area contributed by atoms with Crippen LogP contribution in [0.2, 0.25) is 0 Å². The lowest BCUT2D eigenvalue weighted by molar-refractivity contribution is -0.174. The number of hydrogen-bond donors (Lipinski definition) is 0. The van der Waals surface area contributed by atoms with E-state index in [1.54, 1.807) is 0 Å². The van der Waals surface area contributed by atoms with Crippen molar-refractivity contribution in [3.63, 3.8) is 0 Å². The lowest BCUT2D eigenvalue weighted by Crippen LogP contribution is -2.47. The maximum atomic E-state index is 13.7. The van der Waals surface area contributed by atoms with Crippen molar-refractivity contribution in [3.8, 4) is 0 Å². The Hall–Kier alpha value is -3.22. The Kier molecular flexibility index (Phi) is 87.5. The molecule has 115 heavy (non-hydrogen) atoms. The largest absolute Gasteiger partial charge is 0.465 e. The highest BCUT2D eigenvalue weighted by Gasteiger charge is 2.41. The third kappa shape index (κ3) is 84.2. The van der Waals surface area contributed by atoms with Crippen LogP contribution in [-0.2, 0) is 61.9 Å². The van der Waals surface area contributed by atoms with Gasteiger partial charge in [0.15, 0.2) is 0 Å². The zero-order valence-corrected chi connectivity index (χ0v) is 77.5. The Balaban J connectivity index is 6.03. The number of esters is 6. The van der Waals surface area contributed by atoms with Gasteiger partial charge in [0, 0.05) is 39.5 Å². The molecule has 0 saturated heterocycles. The first-order valence-electron chi connectivity index (χ1n) is 50.8. The zero-order chi connectivity index (χ0) is 83.6. The Morgan fingerprint density at radius 2 is 0.270 bits per heavy atom. The van der Waals surface area contributed by atoms with E-state index in [-0.39, 0.29) is 78.5 Å². The second-order valence-corrected chi connectivity index (χ2v) is 36.2. The van der Waals surface area contributed by atoms with Crippen LogP contribution in [0.3, 0.4) is 0 Å². The molecule has 0 aromatic heterocycles. The van der Waals surface area contributed by atoms with E-state index in [4.69, 9.17) is 33.2 Å². The Labute approximate surface area is 712 Å². The van der Waals surface area contributed by atoms with Gasteiger partial charge in [0.25, 0.3) is 0 Å². The van der Waals surface area contributed by atoms with Gasteiger partial charge in [0.05, 0.1) is 24.0 Å². The average molecular weight is 1630 g/mol. The third-order valence-electron chi connectivity index (χ3n) is 24.1. The first kappa shape index (κ1) is 112. The molecule has 0 saturated carbocycles. The Bertz CT molecular complexity index is 1820. The summed E-state index contributed by atoms with van der Waals surface area (Å²) in [5.74, 6) is -2.75. The van der Waals surface area contributed by atoms with E-state index in [1.807, 2.05) is 0 Å². The standard InChI is InChI=1S/C102H194O13/c1-7-11-15-19-23-27-31-35-39-43-47-51-55-59-63-67-71-75-79-83-97(105)112-91-101(89-110-95(5)103,92-113-98(106)84-80-76-72-68-64-60-56-52-48-44-40-36-32-28-24-20-16-12-8-2)87-109-88-102(90-111-96(6)104,93-114-99(107)85-81-77-73-69-65-61-57-53-49-45-41-37-33-29-25-21-17-13-9-3)94-115-100(108)86-82-78-74-70-66-62-58-54-50-46-42-38-34-30-26-22-18-14-10-4/h7-94H2,1-6H3. The van der Waals surface area contributed by atoms with Crippen molar-refractivity contribution >= 4 is 35.8 Å². The lowest BCUT2D eigenvalue weighted by Gasteiger charge is -2.35. The van der Waals surface area contributed by atoms with E-state index in [1.165, 1.54) is 399 Å². The van der Waals surface area contributed by atoms with Gasteiger partial charge >= 0.3 is 35.8 Å². The number of carbonyl (C=O) groups excluding carboxylic acids is 6. The molecule has 0 bridgehead atoms. The molecule has 0 heterocycles. The molecule has 0 aliphatic heterocycles. The summed E-state index contributed by atoms with van der Waals surface area (Å²) in [5.41, 5.74) is -2.70. The van der Waals surface area contributed by atoms with Crippen molar-refractivity contribution < 1.29 is 61.9 Å². The molecule has 0 aliphatic rings. The highest BCUT2D eigenvalue weighted by molar-refractivity contribution is 5.71. The predicted molar refractivity (Wildman–Crippen MR) is 485 cm³/mol. The predicted octanol–water partition coefficient (Wildman–Crippen LogP) is 31.6. The molecular weight excluding hydrogens is 1430 g/mol. The topological polar surface area (TPSA) is 167 Å². The van der Waals surface area contributed by atoms with Crippen molar-refractivity contribution in [1.29, 1.82) is 0 Å². The van der Waals surface area contributed by atoms with Gasteiger partial charge in [-0.25, -0.2) is 0 Å². The van der Waals surface area contributed by atoms with Crippen molar-refractivity contribution in [1.82, 2.24) is 0 Å². The number of rotatable bonds is 96. The summed E-state index contributed by atoms with van der Waals surface area (Å²) >= 11 is 0. The molecule has 0 aliphatic carbocycles. The fourth-order valence-electron chi connectivity index (χ4n) is 16.1. The Morgan fingerprint density at radius 3 is 0.391 bits per heavy atom. The molecule has 0 radical (unpaired) electrons. The van der Waals surface area contributed by atoms with Gasteiger partial charge in [-0.2, -0.15) is 0 Å². The van der Waals surface area contributed by atoms with E-state index in [0.29, 0.717) is 25.7 Å². The molecule has 13 heteroatoms. The highest BCUT2D eigenvalue weighted by Crippen LogP contribution is 2.29. The second kappa shape index (κ2) is 90.0. The van der Waals surface area contributed by atoms with Crippen LogP contribution < -0.4 is 0 Å². The first-order chi connectivity index (χ1) is 56.4. The van der Waals surface area contributed by atoms with Crippen LogP contribution in [0.1, 0.15) is 555 Å². The zero-order valence-electron chi connectivity index (χ0n) is 77.5. The average Bonchev–Trinajstić information content (AvgIpc) is 0.841. The van der Waals surface area contributed by atoms with Crippen LogP contribution in [0.4, 0.5) is 0 Å². The minimum Gasteiger partial charge on any atom is -0.465 e. The quantitative estimate of drug-likeness (QED) is 0.0321. The van der Waals surface area contributed by atoms with Gasteiger partial charge in [-0.3, -0.25) is 28.8 Å². The summed E-state index contributed by atoms with van der Waals surface area (Å²) in [7, 11) is 0. The lowest BCUT2D eigenvalue weighted by atomic mass is 9.90. The van der Waals surface area contributed by atoms with Crippen LogP contribution >= 0.6 is 0 Å². The van der Waals surface area contributed by atoms with E-state index >= 15 is 0 Å². The summed E-state index contributed by atoms with van der Waals surface area (Å²) in [6, 6.07) is 0. The molecule has 0 N–H and O–H groups in total. The van der Waals surface area contributed by atoms with Crippen molar-refractivity contribution in [2.45, 2.75) is 555 Å². The highest BCUT2D eigenvalue weighted by atomic mass is 16.6. The minimum absolute atomic E-state index is 0.212. The Morgan fingerprint density at radius 1 is 0.157 bits per heavy atom. The molecular formula is C102H194O13. The second-order valence-electron chi connectivity index (χ2n) is 36.2. The molecule has 0 aromatic carbocycles. The van der Waals surface area contributed by atoms with Crippen LogP contribution in [0, 0.1) is 10.8 Å². The van der Waals surface area contributed by atoms with Crippen molar-refractivity contribution in [3.05, 3.63) is 0 Å². The van der Waals surface area contributed by atoms with Crippen molar-refractivity contribution in [2.75, 3.05) is 52.9 Å². The molecule has 0 fully saturated rings. The number of hydrogen-bond acceptors (Lipinski definition) is 13. The molecule has 0 rings (SSSR count). The molecule has 0 spiro atoms. The van der Waals surface area contributed by atoms with Gasteiger partial charge in [0.2, 0.25) is 0 Å². The van der Waals surface area contributed by atoms with Crippen LogP contribution in [0.5, 0.6) is 0 Å². The maximum Gasteiger partial charge on any atom is 0.305 e. The molecule has 13 nitrogen and oxygen atoms in total. The van der Waals surface area contributed by atoms with Crippen molar-refractivity contribution in [2.24, 2.45) is 10.8 Å². The van der Waals surface area contributed by atoms with Crippen LogP contribution in [0.15, 0.2) is 0 Å². The number of unbranched alkanes of at least 4 members (excludes halogenated alkanes) is 72. The summed E-state index contributed by atoms with van der Waals surface area (Å²) in [6.45, 7) is 9.58. The first-order valence-corrected chi connectivity index (χ1v) is 50.8. The van der Waals surface area contributed by atoms with Crippen LogP contribution in [-0.4, -0.2) is 88.7 Å².